The van der Waals surface area contributed by atoms with E-state index in [1.165, 1.54) is 25.0 Å². The summed E-state index contributed by atoms with van der Waals surface area (Å²) in [4.78, 5) is 0. The summed E-state index contributed by atoms with van der Waals surface area (Å²) in [7, 11) is 0. The normalized spacial score (nSPS) is 15.9. The third kappa shape index (κ3) is 4.33. The first-order chi connectivity index (χ1) is 8.55. The second-order valence-corrected chi connectivity index (χ2v) is 4.88. The Morgan fingerprint density at radius 1 is 1.17 bits per heavy atom. The van der Waals surface area contributed by atoms with Crippen molar-refractivity contribution in [3.63, 3.8) is 0 Å². The predicted molar refractivity (Wildman–Crippen MR) is 65.4 cm³/mol. The zero-order valence-electron chi connectivity index (χ0n) is 10.3. The molecule has 1 aromatic rings. The van der Waals surface area contributed by atoms with Crippen molar-refractivity contribution >= 4 is 0 Å². The molecule has 0 unspecified atom stereocenters. The molecule has 0 aromatic heterocycles. The lowest BCUT2D eigenvalue weighted by atomic mass is 10.1. The van der Waals surface area contributed by atoms with Gasteiger partial charge in [0.15, 0.2) is 0 Å². The van der Waals surface area contributed by atoms with Gasteiger partial charge in [0.2, 0.25) is 0 Å². The Morgan fingerprint density at radius 2 is 1.94 bits per heavy atom. The minimum atomic E-state index is -4.23. The molecule has 0 amide bonds. The Hall–Kier alpha value is -1.03. The first-order valence-electron chi connectivity index (χ1n) is 6.45. The number of hydrogen-bond acceptors (Lipinski definition) is 1. The molecular weight excluding hydrogens is 239 g/mol. The fourth-order valence-corrected chi connectivity index (χ4v) is 1.95. The Balaban J connectivity index is 1.74. The van der Waals surface area contributed by atoms with Crippen LogP contribution in [-0.4, -0.2) is 12.6 Å². The number of rotatable bonds is 6. The Kier molecular flexibility index (Phi) is 4.27. The summed E-state index contributed by atoms with van der Waals surface area (Å²) in [5.74, 6) is 0. The monoisotopic (exact) mass is 257 g/mol. The molecule has 0 aliphatic heterocycles. The van der Waals surface area contributed by atoms with Crippen LogP contribution < -0.4 is 5.32 Å². The second kappa shape index (κ2) is 5.74. The molecule has 0 atom stereocenters. The highest BCUT2D eigenvalue weighted by Gasteiger charge is 2.30. The van der Waals surface area contributed by atoms with Crippen LogP contribution >= 0.6 is 0 Å². The van der Waals surface area contributed by atoms with Crippen LogP contribution in [0.5, 0.6) is 0 Å². The van der Waals surface area contributed by atoms with Crippen molar-refractivity contribution in [2.24, 2.45) is 0 Å². The molecule has 4 heteroatoms. The fraction of sp³-hybridized carbons (Fsp3) is 0.571. The number of benzene rings is 1. The lowest BCUT2D eigenvalue weighted by molar-refractivity contribution is -0.137. The summed E-state index contributed by atoms with van der Waals surface area (Å²) in [5, 5.41) is 3.40. The number of nitrogens with one attached hydrogen (secondary N) is 1. The summed E-state index contributed by atoms with van der Waals surface area (Å²) >= 11 is 0. The van der Waals surface area contributed by atoms with Crippen LogP contribution in [0.3, 0.4) is 0 Å². The molecule has 2 rings (SSSR count). The summed E-state index contributed by atoms with van der Waals surface area (Å²) < 4.78 is 37.5. The molecule has 0 spiro atoms. The highest BCUT2D eigenvalue weighted by atomic mass is 19.4. The maximum Gasteiger partial charge on any atom is 0.416 e. The van der Waals surface area contributed by atoms with Crippen LogP contribution in [0.25, 0.3) is 0 Å². The fourth-order valence-electron chi connectivity index (χ4n) is 1.95. The molecule has 18 heavy (non-hydrogen) atoms. The average Bonchev–Trinajstić information content (AvgIpc) is 3.12. The van der Waals surface area contributed by atoms with Crippen LogP contribution in [-0.2, 0) is 12.6 Å². The van der Waals surface area contributed by atoms with Gasteiger partial charge in [0.25, 0.3) is 0 Å². The molecule has 1 fully saturated rings. The van der Waals surface area contributed by atoms with E-state index in [4.69, 9.17) is 0 Å². The van der Waals surface area contributed by atoms with E-state index in [2.05, 4.69) is 5.32 Å². The highest BCUT2D eigenvalue weighted by molar-refractivity contribution is 5.25. The molecule has 1 N–H and O–H groups in total. The van der Waals surface area contributed by atoms with Crippen molar-refractivity contribution in [2.75, 3.05) is 6.54 Å². The van der Waals surface area contributed by atoms with Gasteiger partial charge in [-0.15, -0.1) is 0 Å². The van der Waals surface area contributed by atoms with Gasteiger partial charge in [0, 0.05) is 6.04 Å². The summed E-state index contributed by atoms with van der Waals surface area (Å²) in [6, 6.07) is 6.34. The van der Waals surface area contributed by atoms with Crippen molar-refractivity contribution < 1.29 is 13.2 Å². The number of unbranched alkanes of at least 4 members (excludes halogenated alkanes) is 1. The van der Waals surface area contributed by atoms with Crippen LogP contribution in [0, 0.1) is 0 Å². The van der Waals surface area contributed by atoms with E-state index in [9.17, 15) is 13.2 Å². The third-order valence-corrected chi connectivity index (χ3v) is 3.16. The standard InChI is InChI=1S/C14H18F3N/c15-14(16,17)12-6-3-5-11(10-12)4-1-2-9-18-13-7-8-13/h3,5-6,10,13,18H,1-2,4,7-9H2. The van der Waals surface area contributed by atoms with Crippen molar-refractivity contribution in [3.8, 4) is 0 Å². The number of hydrogen-bond donors (Lipinski definition) is 1. The van der Waals surface area contributed by atoms with Gasteiger partial charge in [-0.1, -0.05) is 18.2 Å². The Labute approximate surface area is 105 Å². The van der Waals surface area contributed by atoms with Gasteiger partial charge in [-0.05, 0) is 50.3 Å². The quantitative estimate of drug-likeness (QED) is 0.765. The van der Waals surface area contributed by atoms with Crippen LogP contribution in [0.15, 0.2) is 24.3 Å². The molecule has 0 heterocycles. The largest absolute Gasteiger partial charge is 0.416 e. The molecule has 0 bridgehead atoms. The average molecular weight is 257 g/mol. The third-order valence-electron chi connectivity index (χ3n) is 3.16. The highest BCUT2D eigenvalue weighted by Crippen LogP contribution is 2.29. The molecular formula is C14H18F3N. The van der Waals surface area contributed by atoms with E-state index in [1.54, 1.807) is 6.07 Å². The van der Waals surface area contributed by atoms with E-state index >= 15 is 0 Å². The number of halogens is 3. The lowest BCUT2D eigenvalue weighted by Crippen LogP contribution is -2.17. The molecule has 1 nitrogen and oxygen atoms in total. The summed E-state index contributed by atoms with van der Waals surface area (Å²) in [5.41, 5.74) is 0.229. The van der Waals surface area contributed by atoms with Gasteiger partial charge in [-0.2, -0.15) is 13.2 Å². The van der Waals surface area contributed by atoms with Crippen LogP contribution in [0.1, 0.15) is 36.8 Å². The lowest BCUT2D eigenvalue weighted by Gasteiger charge is -2.08. The molecule has 1 aromatic carbocycles. The van der Waals surface area contributed by atoms with Gasteiger partial charge in [-0.25, -0.2) is 0 Å². The minimum absolute atomic E-state index is 0.545. The van der Waals surface area contributed by atoms with Gasteiger partial charge < -0.3 is 5.32 Å². The second-order valence-electron chi connectivity index (χ2n) is 4.88. The number of aryl methyl sites for hydroxylation is 1. The van der Waals surface area contributed by atoms with Crippen molar-refractivity contribution in [3.05, 3.63) is 35.4 Å². The molecule has 1 aliphatic carbocycles. The van der Waals surface area contributed by atoms with E-state index in [0.717, 1.165) is 37.4 Å². The minimum Gasteiger partial charge on any atom is -0.314 e. The van der Waals surface area contributed by atoms with Gasteiger partial charge in [-0.3, -0.25) is 0 Å². The van der Waals surface area contributed by atoms with Crippen LogP contribution in [0.4, 0.5) is 13.2 Å². The van der Waals surface area contributed by atoms with E-state index in [-0.39, 0.29) is 0 Å². The predicted octanol–water partition coefficient (Wildman–Crippen LogP) is 3.78. The zero-order valence-corrected chi connectivity index (χ0v) is 10.3. The van der Waals surface area contributed by atoms with E-state index in [1.807, 2.05) is 0 Å². The maximum atomic E-state index is 12.5. The van der Waals surface area contributed by atoms with Crippen molar-refractivity contribution in [1.82, 2.24) is 5.32 Å². The number of alkyl halides is 3. The molecule has 0 radical (unpaired) electrons. The topological polar surface area (TPSA) is 12.0 Å². The Morgan fingerprint density at radius 3 is 2.61 bits per heavy atom. The van der Waals surface area contributed by atoms with Crippen molar-refractivity contribution in [2.45, 2.75) is 44.3 Å². The summed E-state index contributed by atoms with van der Waals surface area (Å²) in [6.07, 6.45) is 0.981. The summed E-state index contributed by atoms with van der Waals surface area (Å²) in [6.45, 7) is 0.976. The molecule has 1 aliphatic rings. The molecule has 0 saturated heterocycles. The zero-order chi connectivity index (χ0) is 13.0. The first-order valence-corrected chi connectivity index (χ1v) is 6.45. The van der Waals surface area contributed by atoms with E-state index < -0.39 is 11.7 Å². The smallest absolute Gasteiger partial charge is 0.314 e. The maximum absolute atomic E-state index is 12.5. The van der Waals surface area contributed by atoms with Gasteiger partial charge in [0.05, 0.1) is 5.56 Å². The Bertz CT molecular complexity index is 383. The SMILES string of the molecule is FC(F)(F)c1cccc(CCCCNC2CC2)c1. The van der Waals surface area contributed by atoms with Gasteiger partial charge in [0.1, 0.15) is 0 Å². The first kappa shape index (κ1) is 13.4. The van der Waals surface area contributed by atoms with Gasteiger partial charge >= 0.3 is 6.18 Å². The van der Waals surface area contributed by atoms with Crippen molar-refractivity contribution in [1.29, 1.82) is 0 Å². The molecule has 100 valence electrons. The molecule has 1 saturated carbocycles. The van der Waals surface area contributed by atoms with Crippen LogP contribution in [0.2, 0.25) is 0 Å². The van der Waals surface area contributed by atoms with E-state index in [0.29, 0.717) is 6.04 Å².